The molecule has 0 bridgehead atoms. The maximum absolute atomic E-state index is 12.7. The second kappa shape index (κ2) is 6.77. The lowest BCUT2D eigenvalue weighted by molar-refractivity contribution is -0.149. The Morgan fingerprint density at radius 1 is 1.19 bits per heavy atom. The van der Waals surface area contributed by atoms with Gasteiger partial charge in [0.1, 0.15) is 6.61 Å². The molecule has 2 rings (SSSR count). The summed E-state index contributed by atoms with van der Waals surface area (Å²) < 4.78 is 5.32. The summed E-state index contributed by atoms with van der Waals surface area (Å²) in [4.78, 5) is 25.2. The molecule has 2 aliphatic rings. The third-order valence-electron chi connectivity index (χ3n) is 5.00. The van der Waals surface area contributed by atoms with Crippen molar-refractivity contribution in [2.24, 2.45) is 11.3 Å². The second-order valence-electron chi connectivity index (χ2n) is 7.02. The van der Waals surface area contributed by atoms with Crippen LogP contribution >= 0.6 is 0 Å². The van der Waals surface area contributed by atoms with Crippen LogP contribution < -0.4 is 0 Å². The van der Waals surface area contributed by atoms with Gasteiger partial charge in [-0.15, -0.1) is 0 Å². The van der Waals surface area contributed by atoms with Crippen molar-refractivity contribution < 1.29 is 19.4 Å². The summed E-state index contributed by atoms with van der Waals surface area (Å²) in [6.07, 6.45) is 5.96. The molecule has 5 nitrogen and oxygen atoms in total. The third kappa shape index (κ3) is 4.19. The molecule has 1 N–H and O–H groups in total. The highest BCUT2D eigenvalue weighted by Gasteiger charge is 2.39. The van der Waals surface area contributed by atoms with Gasteiger partial charge < -0.3 is 14.7 Å². The lowest BCUT2D eigenvalue weighted by Gasteiger charge is -2.42. The smallest absolute Gasteiger partial charge is 0.329 e. The van der Waals surface area contributed by atoms with E-state index in [9.17, 15) is 9.59 Å². The van der Waals surface area contributed by atoms with Gasteiger partial charge in [0, 0.05) is 19.0 Å². The van der Waals surface area contributed by atoms with Gasteiger partial charge in [0.05, 0.1) is 6.10 Å². The lowest BCUT2D eigenvalue weighted by atomic mass is 9.68. The minimum absolute atomic E-state index is 0.0236. The number of hydrogen-bond acceptors (Lipinski definition) is 3. The number of ether oxygens (including phenoxy) is 1. The van der Waals surface area contributed by atoms with Crippen LogP contribution in [-0.2, 0) is 14.3 Å². The molecule has 0 spiro atoms. The Hall–Kier alpha value is -1.10. The summed E-state index contributed by atoms with van der Waals surface area (Å²) in [6, 6.07) is 0. The number of amides is 1. The summed E-state index contributed by atoms with van der Waals surface area (Å²) >= 11 is 0. The van der Waals surface area contributed by atoms with Gasteiger partial charge in [-0.2, -0.15) is 0 Å². The van der Waals surface area contributed by atoms with Crippen LogP contribution in [0.2, 0.25) is 0 Å². The molecule has 5 heteroatoms. The van der Waals surface area contributed by atoms with E-state index in [1.165, 1.54) is 6.42 Å². The van der Waals surface area contributed by atoms with Crippen molar-refractivity contribution in [2.45, 2.75) is 58.5 Å². The Bertz CT molecular complexity index is 386. The molecule has 0 aromatic carbocycles. The highest BCUT2D eigenvalue weighted by Crippen LogP contribution is 2.41. The third-order valence-corrected chi connectivity index (χ3v) is 5.00. The number of likely N-dealkylation sites (tertiary alicyclic amines) is 1. The quantitative estimate of drug-likeness (QED) is 0.864. The number of rotatable bonds is 4. The molecule has 1 saturated heterocycles. The zero-order valence-corrected chi connectivity index (χ0v) is 13.1. The highest BCUT2D eigenvalue weighted by molar-refractivity contribution is 5.79. The molecule has 1 heterocycles. The molecule has 0 aromatic rings. The Morgan fingerprint density at radius 2 is 1.86 bits per heavy atom. The minimum Gasteiger partial charge on any atom is -0.480 e. The van der Waals surface area contributed by atoms with Crippen LogP contribution in [-0.4, -0.2) is 47.7 Å². The van der Waals surface area contributed by atoms with Crippen LogP contribution in [0.4, 0.5) is 0 Å². The van der Waals surface area contributed by atoms with Crippen LogP contribution in [0.3, 0.4) is 0 Å². The van der Waals surface area contributed by atoms with E-state index >= 15 is 0 Å². The van der Waals surface area contributed by atoms with Gasteiger partial charge in [-0.1, -0.05) is 26.7 Å². The largest absolute Gasteiger partial charge is 0.480 e. The maximum Gasteiger partial charge on any atom is 0.329 e. The molecule has 1 saturated carbocycles. The Balaban J connectivity index is 1.84. The van der Waals surface area contributed by atoms with E-state index in [2.05, 4.69) is 13.8 Å². The van der Waals surface area contributed by atoms with Gasteiger partial charge >= 0.3 is 5.97 Å². The van der Waals surface area contributed by atoms with Crippen molar-refractivity contribution in [2.75, 3.05) is 19.7 Å². The van der Waals surface area contributed by atoms with E-state index in [1.54, 1.807) is 0 Å². The van der Waals surface area contributed by atoms with Crippen molar-refractivity contribution in [3.63, 3.8) is 0 Å². The van der Waals surface area contributed by atoms with Gasteiger partial charge in [-0.3, -0.25) is 4.79 Å². The van der Waals surface area contributed by atoms with Crippen molar-refractivity contribution in [3.05, 3.63) is 0 Å². The topological polar surface area (TPSA) is 66.8 Å². The number of hydrogen-bond donors (Lipinski definition) is 1. The van der Waals surface area contributed by atoms with Crippen LogP contribution in [0.5, 0.6) is 0 Å². The summed E-state index contributed by atoms with van der Waals surface area (Å²) in [5.41, 5.74) is 0.103. The number of carbonyl (C=O) groups excluding carboxylic acids is 1. The zero-order valence-electron chi connectivity index (χ0n) is 13.1. The number of aliphatic carboxylic acids is 1. The lowest BCUT2D eigenvalue weighted by Crippen LogP contribution is -2.47. The van der Waals surface area contributed by atoms with E-state index in [-0.39, 0.29) is 30.0 Å². The summed E-state index contributed by atoms with van der Waals surface area (Å²) in [5.74, 6) is -0.503. The molecule has 1 amide bonds. The van der Waals surface area contributed by atoms with Crippen LogP contribution in [0, 0.1) is 11.3 Å². The number of carboxylic acids is 1. The van der Waals surface area contributed by atoms with E-state index in [1.807, 2.05) is 4.90 Å². The molecule has 1 aliphatic heterocycles. The molecule has 0 aromatic heterocycles. The fourth-order valence-corrected chi connectivity index (χ4v) is 3.60. The average Bonchev–Trinajstić information content (AvgIpc) is 2.44. The van der Waals surface area contributed by atoms with Gasteiger partial charge in [-0.05, 0) is 31.1 Å². The number of carboxylic acid groups (broad SMARTS) is 1. The van der Waals surface area contributed by atoms with Gasteiger partial charge in [0.25, 0.3) is 0 Å². The van der Waals surface area contributed by atoms with E-state index in [4.69, 9.17) is 9.84 Å². The summed E-state index contributed by atoms with van der Waals surface area (Å²) in [6.45, 7) is 5.55. The summed E-state index contributed by atoms with van der Waals surface area (Å²) in [7, 11) is 0. The number of piperidine rings is 1. The van der Waals surface area contributed by atoms with Crippen molar-refractivity contribution in [1.82, 2.24) is 4.90 Å². The maximum atomic E-state index is 12.7. The molecule has 21 heavy (non-hydrogen) atoms. The van der Waals surface area contributed by atoms with E-state index in [0.717, 1.165) is 32.1 Å². The SMILES string of the molecule is CC1(C)CCCCC1C(=O)N1CCC(OCC(=O)O)CC1. The Labute approximate surface area is 126 Å². The Morgan fingerprint density at radius 3 is 2.43 bits per heavy atom. The molecule has 1 aliphatic carbocycles. The molecule has 0 radical (unpaired) electrons. The predicted octanol–water partition coefficient (Wildman–Crippen LogP) is 2.30. The number of nitrogens with zero attached hydrogens (tertiary/aromatic N) is 1. The Kier molecular flexibility index (Phi) is 5.25. The first-order chi connectivity index (χ1) is 9.90. The van der Waals surface area contributed by atoms with Gasteiger partial charge in [0.15, 0.2) is 0 Å². The van der Waals surface area contributed by atoms with Crippen molar-refractivity contribution >= 4 is 11.9 Å². The van der Waals surface area contributed by atoms with Gasteiger partial charge in [0.2, 0.25) is 5.91 Å². The predicted molar refractivity (Wildman–Crippen MR) is 78.9 cm³/mol. The van der Waals surface area contributed by atoms with Crippen LogP contribution in [0.15, 0.2) is 0 Å². The minimum atomic E-state index is -0.933. The van der Waals surface area contributed by atoms with E-state index in [0.29, 0.717) is 13.1 Å². The van der Waals surface area contributed by atoms with Gasteiger partial charge in [-0.25, -0.2) is 4.79 Å². The van der Waals surface area contributed by atoms with Crippen molar-refractivity contribution in [1.29, 1.82) is 0 Å². The average molecular weight is 297 g/mol. The standard InChI is InChI=1S/C16H27NO4/c1-16(2)8-4-3-5-13(16)15(20)17-9-6-12(7-10-17)21-11-14(18)19/h12-13H,3-11H2,1-2H3,(H,18,19). The monoisotopic (exact) mass is 297 g/mol. The fourth-order valence-electron chi connectivity index (χ4n) is 3.60. The number of carbonyl (C=O) groups is 2. The van der Waals surface area contributed by atoms with Crippen LogP contribution in [0.25, 0.3) is 0 Å². The first-order valence-electron chi connectivity index (χ1n) is 8.02. The normalized spacial score (nSPS) is 26.6. The zero-order chi connectivity index (χ0) is 15.5. The first-order valence-corrected chi connectivity index (χ1v) is 8.02. The molecule has 1 unspecified atom stereocenters. The molecule has 2 fully saturated rings. The molecule has 120 valence electrons. The van der Waals surface area contributed by atoms with Crippen LogP contribution in [0.1, 0.15) is 52.4 Å². The molecule has 1 atom stereocenters. The fraction of sp³-hybridized carbons (Fsp3) is 0.875. The van der Waals surface area contributed by atoms with Crippen molar-refractivity contribution in [3.8, 4) is 0 Å². The molecular formula is C16H27NO4. The second-order valence-corrected chi connectivity index (χ2v) is 7.02. The highest BCUT2D eigenvalue weighted by atomic mass is 16.5. The first kappa shape index (κ1) is 16.3. The summed E-state index contributed by atoms with van der Waals surface area (Å²) in [5, 5.41) is 8.62. The van der Waals surface area contributed by atoms with E-state index < -0.39 is 5.97 Å². The molecular weight excluding hydrogens is 270 g/mol.